The molecule has 2 aromatic carbocycles. The first-order valence-electron chi connectivity index (χ1n) is 10.2. The van der Waals surface area contributed by atoms with Crippen LogP contribution in [0.1, 0.15) is 24.6 Å². The third-order valence-corrected chi connectivity index (χ3v) is 6.43. The largest absolute Gasteiger partial charge is 0.368 e. The van der Waals surface area contributed by atoms with Crippen molar-refractivity contribution < 1.29 is 0 Å². The standard InChI is InChI=1S/C22H24ClN5S/c23-19-8-4-5-9-20(19)26-14-12-25(13-15-26)16-27-22(29)28(18-6-2-1-3-7-18)21(24-27)17-10-11-17/h1-9,17H,10-16H2. The highest BCUT2D eigenvalue weighted by Gasteiger charge is 2.31. The molecule has 29 heavy (non-hydrogen) atoms. The van der Waals surface area contributed by atoms with Gasteiger partial charge in [-0.25, -0.2) is 4.68 Å². The molecule has 0 spiro atoms. The third-order valence-electron chi connectivity index (χ3n) is 5.72. The van der Waals surface area contributed by atoms with Gasteiger partial charge in [0.15, 0.2) is 0 Å². The van der Waals surface area contributed by atoms with Gasteiger partial charge in [-0.1, -0.05) is 41.9 Å². The summed E-state index contributed by atoms with van der Waals surface area (Å²) in [4.78, 5) is 4.78. The Hall–Kier alpha value is -2.15. The Morgan fingerprint density at radius 3 is 2.31 bits per heavy atom. The van der Waals surface area contributed by atoms with Gasteiger partial charge >= 0.3 is 0 Å². The molecular weight excluding hydrogens is 402 g/mol. The van der Waals surface area contributed by atoms with E-state index in [2.05, 4.69) is 44.7 Å². The molecule has 5 rings (SSSR count). The Labute approximate surface area is 181 Å². The van der Waals surface area contributed by atoms with Crippen LogP contribution in [0.3, 0.4) is 0 Å². The molecule has 1 saturated heterocycles. The zero-order valence-corrected chi connectivity index (χ0v) is 17.8. The Morgan fingerprint density at radius 2 is 1.62 bits per heavy atom. The molecule has 0 bridgehead atoms. The van der Waals surface area contributed by atoms with E-state index in [0.29, 0.717) is 5.92 Å². The molecule has 150 valence electrons. The molecule has 1 aromatic heterocycles. The second kappa shape index (κ2) is 7.94. The zero-order valence-electron chi connectivity index (χ0n) is 16.2. The number of rotatable bonds is 5. The van der Waals surface area contributed by atoms with E-state index in [1.807, 2.05) is 28.9 Å². The minimum absolute atomic E-state index is 0.537. The predicted octanol–water partition coefficient (Wildman–Crippen LogP) is 4.71. The van der Waals surface area contributed by atoms with Crippen LogP contribution in [-0.2, 0) is 6.67 Å². The van der Waals surface area contributed by atoms with Crippen LogP contribution in [0.2, 0.25) is 5.02 Å². The van der Waals surface area contributed by atoms with E-state index >= 15 is 0 Å². The van der Waals surface area contributed by atoms with Crippen molar-refractivity contribution in [1.82, 2.24) is 19.2 Å². The van der Waals surface area contributed by atoms with Crippen LogP contribution in [0.4, 0.5) is 5.69 Å². The van der Waals surface area contributed by atoms with Crippen molar-refractivity contribution in [2.45, 2.75) is 25.4 Å². The van der Waals surface area contributed by atoms with Gasteiger partial charge in [0.25, 0.3) is 0 Å². The van der Waals surface area contributed by atoms with Crippen molar-refractivity contribution in [3.8, 4) is 5.69 Å². The molecule has 0 radical (unpaired) electrons. The van der Waals surface area contributed by atoms with Gasteiger partial charge < -0.3 is 4.90 Å². The van der Waals surface area contributed by atoms with E-state index in [-0.39, 0.29) is 0 Å². The Balaban J connectivity index is 1.33. The number of benzene rings is 2. The summed E-state index contributed by atoms with van der Waals surface area (Å²) in [5.74, 6) is 1.64. The van der Waals surface area contributed by atoms with E-state index in [0.717, 1.165) is 59.8 Å². The average molecular weight is 426 g/mol. The minimum atomic E-state index is 0.537. The van der Waals surface area contributed by atoms with Gasteiger partial charge in [0.2, 0.25) is 4.77 Å². The molecule has 2 aliphatic rings. The fourth-order valence-corrected chi connectivity index (χ4v) is 4.52. The zero-order chi connectivity index (χ0) is 19.8. The van der Waals surface area contributed by atoms with Crippen LogP contribution in [0, 0.1) is 4.77 Å². The molecule has 2 fully saturated rings. The number of piperazine rings is 1. The number of nitrogens with zero attached hydrogens (tertiary/aromatic N) is 5. The van der Waals surface area contributed by atoms with Crippen LogP contribution in [-0.4, -0.2) is 45.4 Å². The summed E-state index contributed by atoms with van der Waals surface area (Å²) < 4.78 is 4.94. The fraction of sp³-hybridized carbons (Fsp3) is 0.364. The lowest BCUT2D eigenvalue weighted by Gasteiger charge is -2.36. The Morgan fingerprint density at radius 1 is 0.931 bits per heavy atom. The lowest BCUT2D eigenvalue weighted by Crippen LogP contribution is -2.47. The molecule has 0 N–H and O–H groups in total. The lowest BCUT2D eigenvalue weighted by molar-refractivity contribution is 0.194. The van der Waals surface area contributed by atoms with Crippen LogP contribution in [0.15, 0.2) is 54.6 Å². The van der Waals surface area contributed by atoms with Gasteiger partial charge in [-0.2, -0.15) is 5.10 Å². The highest BCUT2D eigenvalue weighted by atomic mass is 35.5. The molecule has 0 atom stereocenters. The van der Waals surface area contributed by atoms with E-state index in [1.54, 1.807) is 0 Å². The van der Waals surface area contributed by atoms with Crippen molar-refractivity contribution >= 4 is 29.5 Å². The maximum atomic E-state index is 6.37. The summed E-state index contributed by atoms with van der Waals surface area (Å²) in [6, 6.07) is 18.4. The average Bonchev–Trinajstić information content (AvgIpc) is 3.55. The van der Waals surface area contributed by atoms with Crippen LogP contribution < -0.4 is 4.90 Å². The normalized spacial score (nSPS) is 17.6. The topological polar surface area (TPSA) is 29.2 Å². The monoisotopic (exact) mass is 425 g/mol. The minimum Gasteiger partial charge on any atom is -0.368 e. The van der Waals surface area contributed by atoms with Crippen molar-refractivity contribution in [2.75, 3.05) is 31.1 Å². The third kappa shape index (κ3) is 3.84. The summed E-state index contributed by atoms with van der Waals surface area (Å²) in [6.07, 6.45) is 2.41. The molecule has 1 aliphatic carbocycles. The van der Waals surface area contributed by atoms with Crippen molar-refractivity contribution in [3.05, 3.63) is 70.2 Å². The molecule has 0 amide bonds. The van der Waals surface area contributed by atoms with Gasteiger partial charge in [0.1, 0.15) is 5.82 Å². The van der Waals surface area contributed by atoms with Crippen molar-refractivity contribution in [2.24, 2.45) is 0 Å². The first-order valence-corrected chi connectivity index (χ1v) is 11.0. The first kappa shape index (κ1) is 18.9. The highest BCUT2D eigenvalue weighted by Crippen LogP contribution is 2.40. The first-order chi connectivity index (χ1) is 14.2. The number of halogens is 1. The molecular formula is C22H24ClN5S. The summed E-state index contributed by atoms with van der Waals surface area (Å²) in [7, 11) is 0. The summed E-state index contributed by atoms with van der Waals surface area (Å²) in [5, 5.41) is 5.75. The molecule has 0 unspecified atom stereocenters. The number of para-hydroxylation sites is 2. The van der Waals surface area contributed by atoms with E-state index in [4.69, 9.17) is 28.9 Å². The Bertz CT molecular complexity index is 1050. The van der Waals surface area contributed by atoms with Gasteiger partial charge in [-0.05, 0) is 49.3 Å². The number of aromatic nitrogens is 3. The summed E-state index contributed by atoms with van der Waals surface area (Å²) in [6.45, 7) is 4.56. The maximum Gasteiger partial charge on any atom is 0.203 e. The molecule has 1 saturated carbocycles. The highest BCUT2D eigenvalue weighted by molar-refractivity contribution is 7.71. The molecule has 7 heteroatoms. The molecule has 5 nitrogen and oxygen atoms in total. The number of anilines is 1. The maximum absolute atomic E-state index is 6.37. The van der Waals surface area contributed by atoms with Crippen LogP contribution in [0.5, 0.6) is 0 Å². The van der Waals surface area contributed by atoms with E-state index in [9.17, 15) is 0 Å². The second-order valence-electron chi connectivity index (χ2n) is 7.78. The smallest absolute Gasteiger partial charge is 0.203 e. The van der Waals surface area contributed by atoms with Gasteiger partial charge in [-0.3, -0.25) is 9.47 Å². The summed E-state index contributed by atoms with van der Waals surface area (Å²) in [5.41, 5.74) is 2.23. The number of hydrogen-bond acceptors (Lipinski definition) is 4. The molecule has 3 aromatic rings. The van der Waals surface area contributed by atoms with Crippen LogP contribution >= 0.6 is 23.8 Å². The van der Waals surface area contributed by atoms with E-state index < -0.39 is 0 Å². The van der Waals surface area contributed by atoms with Gasteiger partial charge in [0, 0.05) is 37.8 Å². The van der Waals surface area contributed by atoms with Gasteiger partial charge in [0.05, 0.1) is 17.4 Å². The van der Waals surface area contributed by atoms with Crippen LogP contribution in [0.25, 0.3) is 5.69 Å². The summed E-state index contributed by atoms with van der Waals surface area (Å²) >= 11 is 12.2. The Kier molecular flexibility index (Phi) is 5.16. The lowest BCUT2D eigenvalue weighted by atomic mass is 10.2. The van der Waals surface area contributed by atoms with Crippen molar-refractivity contribution in [1.29, 1.82) is 0 Å². The molecule has 2 heterocycles. The van der Waals surface area contributed by atoms with E-state index in [1.165, 1.54) is 12.8 Å². The predicted molar refractivity (Wildman–Crippen MR) is 120 cm³/mol. The molecule has 1 aliphatic heterocycles. The fourth-order valence-electron chi connectivity index (χ4n) is 3.97. The quantitative estimate of drug-likeness (QED) is 0.553. The number of hydrogen-bond donors (Lipinski definition) is 0. The van der Waals surface area contributed by atoms with Gasteiger partial charge in [-0.15, -0.1) is 0 Å². The van der Waals surface area contributed by atoms with Crippen molar-refractivity contribution in [3.63, 3.8) is 0 Å². The second-order valence-corrected chi connectivity index (χ2v) is 8.56. The SMILES string of the molecule is S=c1n(CN2CCN(c3ccccc3Cl)CC2)nc(C2CC2)n1-c1ccccc1.